The summed E-state index contributed by atoms with van der Waals surface area (Å²) >= 11 is 1.64. The maximum Gasteiger partial charge on any atom is 0.261 e. The number of aliphatic hydroxyl groups is 1. The van der Waals surface area contributed by atoms with Crippen molar-refractivity contribution >= 4 is 17.2 Å². The number of thiophene rings is 1. The molecule has 3 nitrogen and oxygen atoms in total. The summed E-state index contributed by atoms with van der Waals surface area (Å²) in [6.45, 7) is 3.98. The van der Waals surface area contributed by atoms with Crippen LogP contribution in [0.3, 0.4) is 0 Å². The highest BCUT2D eigenvalue weighted by atomic mass is 32.1. The van der Waals surface area contributed by atoms with Crippen molar-refractivity contribution in [3.05, 3.63) is 21.4 Å². The summed E-state index contributed by atoms with van der Waals surface area (Å²) in [4.78, 5) is 14.5. The van der Waals surface area contributed by atoms with Crippen molar-refractivity contribution in [2.45, 2.75) is 57.9 Å². The van der Waals surface area contributed by atoms with Crippen molar-refractivity contribution in [2.75, 3.05) is 6.61 Å². The Morgan fingerprint density at radius 2 is 2.11 bits per heavy atom. The highest BCUT2D eigenvalue weighted by Gasteiger charge is 2.23. The lowest BCUT2D eigenvalue weighted by atomic mass is 10.0. The monoisotopic (exact) mass is 281 g/mol. The highest BCUT2D eigenvalue weighted by molar-refractivity contribution is 7.14. The summed E-state index contributed by atoms with van der Waals surface area (Å²) in [6, 6.07) is 2.07. The van der Waals surface area contributed by atoms with Crippen molar-refractivity contribution in [1.29, 1.82) is 0 Å². The molecule has 19 heavy (non-hydrogen) atoms. The van der Waals surface area contributed by atoms with Gasteiger partial charge in [-0.1, -0.05) is 6.42 Å². The number of aliphatic hydroxyl groups excluding tert-OH is 1. The van der Waals surface area contributed by atoms with Gasteiger partial charge in [0, 0.05) is 17.0 Å². The Morgan fingerprint density at radius 3 is 2.84 bits per heavy atom. The van der Waals surface area contributed by atoms with Gasteiger partial charge in [0.05, 0.1) is 4.88 Å². The fourth-order valence-electron chi connectivity index (χ4n) is 2.49. The number of amides is 1. The lowest BCUT2D eigenvalue weighted by molar-refractivity contribution is 0.0903. The zero-order valence-corrected chi connectivity index (χ0v) is 12.6. The van der Waals surface area contributed by atoms with E-state index in [2.05, 4.69) is 11.4 Å². The van der Waals surface area contributed by atoms with E-state index in [1.165, 1.54) is 29.7 Å². The zero-order chi connectivity index (χ0) is 13.9. The molecule has 1 aromatic heterocycles. The third-order valence-electron chi connectivity index (χ3n) is 3.66. The van der Waals surface area contributed by atoms with Gasteiger partial charge in [-0.3, -0.25) is 4.79 Å². The van der Waals surface area contributed by atoms with Gasteiger partial charge in [0.15, 0.2) is 0 Å². The van der Waals surface area contributed by atoms with Crippen LogP contribution in [0.25, 0.3) is 0 Å². The molecular formula is C15H23NO2S. The van der Waals surface area contributed by atoms with E-state index >= 15 is 0 Å². The Kier molecular flexibility index (Phi) is 4.63. The van der Waals surface area contributed by atoms with Crippen LogP contribution in [0.15, 0.2) is 6.07 Å². The fourth-order valence-corrected chi connectivity index (χ4v) is 3.64. The Bertz CT molecular complexity index is 427. The molecule has 0 saturated carbocycles. The van der Waals surface area contributed by atoms with Gasteiger partial charge >= 0.3 is 0 Å². The minimum Gasteiger partial charge on any atom is -0.396 e. The molecule has 2 N–H and O–H groups in total. The number of rotatable bonds is 4. The van der Waals surface area contributed by atoms with Crippen molar-refractivity contribution < 1.29 is 9.90 Å². The fraction of sp³-hybridized carbons (Fsp3) is 0.667. The second-order valence-electron chi connectivity index (χ2n) is 5.93. The molecule has 4 heteroatoms. The summed E-state index contributed by atoms with van der Waals surface area (Å²) in [7, 11) is 0. The van der Waals surface area contributed by atoms with E-state index in [9.17, 15) is 4.79 Å². The van der Waals surface area contributed by atoms with Crippen LogP contribution in [0.4, 0.5) is 0 Å². The molecule has 0 aromatic carbocycles. The van der Waals surface area contributed by atoms with Gasteiger partial charge in [-0.15, -0.1) is 11.3 Å². The van der Waals surface area contributed by atoms with Crippen LogP contribution in [0.5, 0.6) is 0 Å². The van der Waals surface area contributed by atoms with E-state index in [1.54, 1.807) is 11.3 Å². The van der Waals surface area contributed by atoms with Gasteiger partial charge in [-0.25, -0.2) is 0 Å². The van der Waals surface area contributed by atoms with E-state index in [-0.39, 0.29) is 18.1 Å². The van der Waals surface area contributed by atoms with Crippen molar-refractivity contribution in [3.8, 4) is 0 Å². The number of nitrogens with one attached hydrogen (secondary N) is 1. The normalized spacial score (nSPS) is 15.7. The molecule has 0 atom stereocenters. The predicted molar refractivity (Wildman–Crippen MR) is 78.8 cm³/mol. The minimum atomic E-state index is -0.354. The van der Waals surface area contributed by atoms with Gasteiger partial charge in [0.1, 0.15) is 0 Å². The second-order valence-corrected chi connectivity index (χ2v) is 7.07. The molecule has 1 amide bonds. The van der Waals surface area contributed by atoms with Gasteiger partial charge in [0.2, 0.25) is 0 Å². The van der Waals surface area contributed by atoms with E-state index in [0.29, 0.717) is 6.42 Å². The molecule has 0 spiro atoms. The van der Waals surface area contributed by atoms with Crippen LogP contribution in [0.1, 0.15) is 59.6 Å². The largest absolute Gasteiger partial charge is 0.396 e. The molecule has 0 aliphatic heterocycles. The Balaban J connectivity index is 2.08. The molecule has 1 aromatic rings. The van der Waals surface area contributed by atoms with E-state index in [4.69, 9.17) is 5.11 Å². The molecule has 0 bridgehead atoms. The molecule has 0 saturated heterocycles. The number of hydrogen-bond donors (Lipinski definition) is 2. The van der Waals surface area contributed by atoms with Crippen LogP contribution < -0.4 is 5.32 Å². The molecule has 2 rings (SSSR count). The minimum absolute atomic E-state index is 0.00322. The van der Waals surface area contributed by atoms with Gasteiger partial charge in [-0.2, -0.15) is 0 Å². The lowest BCUT2D eigenvalue weighted by Gasteiger charge is -2.24. The number of carbonyl (C=O) groups is 1. The molecule has 106 valence electrons. The molecular weight excluding hydrogens is 258 g/mol. The summed E-state index contributed by atoms with van der Waals surface area (Å²) < 4.78 is 0. The van der Waals surface area contributed by atoms with Gasteiger partial charge < -0.3 is 10.4 Å². The summed E-state index contributed by atoms with van der Waals surface area (Å²) in [6.07, 6.45) is 6.58. The molecule has 0 radical (unpaired) electrons. The SMILES string of the molecule is CC(C)(CCO)NC(=O)c1cc2c(s1)CCCCC2. The van der Waals surface area contributed by atoms with Crippen molar-refractivity contribution in [2.24, 2.45) is 0 Å². The predicted octanol–water partition coefficient (Wildman–Crippen LogP) is 2.91. The first-order valence-corrected chi connectivity index (χ1v) is 7.88. The molecule has 1 aliphatic rings. The third-order valence-corrected chi connectivity index (χ3v) is 4.89. The quantitative estimate of drug-likeness (QED) is 0.834. The summed E-state index contributed by atoms with van der Waals surface area (Å²) in [5, 5.41) is 12.0. The summed E-state index contributed by atoms with van der Waals surface area (Å²) in [5.74, 6) is -0.00322. The van der Waals surface area contributed by atoms with E-state index < -0.39 is 0 Å². The topological polar surface area (TPSA) is 49.3 Å². The van der Waals surface area contributed by atoms with Crippen LogP contribution in [-0.2, 0) is 12.8 Å². The van der Waals surface area contributed by atoms with Crippen LogP contribution in [0, 0.1) is 0 Å². The molecule has 0 unspecified atom stereocenters. The number of hydrogen-bond acceptors (Lipinski definition) is 3. The van der Waals surface area contributed by atoms with E-state index in [1.807, 2.05) is 13.8 Å². The smallest absolute Gasteiger partial charge is 0.261 e. The van der Waals surface area contributed by atoms with E-state index in [0.717, 1.165) is 17.7 Å². The maximum absolute atomic E-state index is 12.3. The standard InChI is InChI=1S/C15H23NO2S/c1-15(2,8-9-17)16-14(18)13-10-11-6-4-3-5-7-12(11)19-13/h10,17H,3-9H2,1-2H3,(H,16,18). The second kappa shape index (κ2) is 6.06. The molecule has 0 fully saturated rings. The van der Waals surface area contributed by atoms with Gasteiger partial charge in [0.25, 0.3) is 5.91 Å². The van der Waals surface area contributed by atoms with Crippen molar-refractivity contribution in [1.82, 2.24) is 5.32 Å². The van der Waals surface area contributed by atoms with Crippen LogP contribution >= 0.6 is 11.3 Å². The van der Waals surface area contributed by atoms with Crippen LogP contribution in [-0.4, -0.2) is 23.2 Å². The summed E-state index contributed by atoms with van der Waals surface area (Å²) in [5.41, 5.74) is 1.01. The lowest BCUT2D eigenvalue weighted by Crippen LogP contribution is -2.43. The molecule has 1 heterocycles. The average molecular weight is 281 g/mol. The number of carbonyl (C=O) groups excluding carboxylic acids is 1. The average Bonchev–Trinajstić information content (AvgIpc) is 2.60. The number of aryl methyl sites for hydroxylation is 2. The first-order valence-electron chi connectivity index (χ1n) is 7.07. The van der Waals surface area contributed by atoms with Crippen molar-refractivity contribution in [3.63, 3.8) is 0 Å². The Hall–Kier alpha value is -0.870. The molecule has 1 aliphatic carbocycles. The van der Waals surface area contributed by atoms with Gasteiger partial charge in [-0.05, 0) is 57.6 Å². The third kappa shape index (κ3) is 3.80. The van der Waals surface area contributed by atoms with Crippen LogP contribution in [0.2, 0.25) is 0 Å². The first kappa shape index (κ1) is 14.5. The highest BCUT2D eigenvalue weighted by Crippen LogP contribution is 2.29. The Labute approximate surface area is 119 Å². The number of fused-ring (bicyclic) bond motifs is 1. The Morgan fingerprint density at radius 1 is 1.37 bits per heavy atom. The maximum atomic E-state index is 12.3. The first-order chi connectivity index (χ1) is 9.02. The zero-order valence-electron chi connectivity index (χ0n) is 11.8.